The molecule has 3 aromatic rings. The Morgan fingerprint density at radius 2 is 1.26 bits per heavy atom. The molecule has 1 unspecified atom stereocenters. The zero-order valence-electron chi connectivity index (χ0n) is 19.9. The van der Waals surface area contributed by atoms with Gasteiger partial charge in [0.2, 0.25) is 0 Å². The monoisotopic (exact) mass is 460 g/mol. The van der Waals surface area contributed by atoms with E-state index in [1.165, 1.54) is 0 Å². The molecule has 0 bridgehead atoms. The molecule has 0 heterocycles. The number of benzene rings is 3. The molecule has 0 aliphatic heterocycles. The van der Waals surface area contributed by atoms with E-state index in [2.05, 4.69) is 10.6 Å². The highest BCUT2D eigenvalue weighted by molar-refractivity contribution is 5.69. The van der Waals surface area contributed by atoms with Gasteiger partial charge in [0, 0.05) is 12.5 Å². The molecule has 3 rings (SSSR count). The van der Waals surface area contributed by atoms with E-state index in [4.69, 9.17) is 9.47 Å². The van der Waals surface area contributed by atoms with Crippen molar-refractivity contribution in [3.63, 3.8) is 0 Å². The molecule has 3 aromatic carbocycles. The lowest BCUT2D eigenvalue weighted by atomic mass is 9.85. The van der Waals surface area contributed by atoms with E-state index >= 15 is 0 Å². The summed E-state index contributed by atoms with van der Waals surface area (Å²) in [7, 11) is 0. The van der Waals surface area contributed by atoms with Crippen LogP contribution < -0.4 is 10.6 Å². The van der Waals surface area contributed by atoms with Crippen LogP contribution in [-0.2, 0) is 16.1 Å². The van der Waals surface area contributed by atoms with Crippen LogP contribution in [0, 0.1) is 0 Å². The average Bonchev–Trinajstić information content (AvgIpc) is 2.82. The second-order valence-electron chi connectivity index (χ2n) is 8.99. The largest absolute Gasteiger partial charge is 0.445 e. The Kier molecular flexibility index (Phi) is 8.68. The van der Waals surface area contributed by atoms with Gasteiger partial charge in [-0.1, -0.05) is 91.0 Å². The number of hydrogen-bond donors (Lipinski definition) is 2. The third-order valence-corrected chi connectivity index (χ3v) is 5.10. The summed E-state index contributed by atoms with van der Waals surface area (Å²) in [5, 5.41) is 5.78. The molecule has 2 amide bonds. The fourth-order valence-electron chi connectivity index (χ4n) is 3.65. The minimum atomic E-state index is -0.625. The number of amides is 2. The Morgan fingerprint density at radius 3 is 1.76 bits per heavy atom. The summed E-state index contributed by atoms with van der Waals surface area (Å²) in [4.78, 5) is 25.2. The molecule has 0 saturated carbocycles. The Bertz CT molecular complexity index is 995. The summed E-state index contributed by atoms with van der Waals surface area (Å²) < 4.78 is 10.9. The number of hydrogen-bond acceptors (Lipinski definition) is 4. The molecule has 6 nitrogen and oxygen atoms in total. The summed E-state index contributed by atoms with van der Waals surface area (Å²) in [6, 6.07) is 28.7. The number of carbonyl (C=O) groups excluding carboxylic acids is 2. The molecule has 0 fully saturated rings. The minimum absolute atomic E-state index is 0.153. The molecule has 178 valence electrons. The van der Waals surface area contributed by atoms with E-state index in [0.29, 0.717) is 0 Å². The lowest BCUT2D eigenvalue weighted by Crippen LogP contribution is -2.48. The Hall–Kier alpha value is -3.80. The molecule has 0 aliphatic carbocycles. The lowest BCUT2D eigenvalue weighted by molar-refractivity contribution is 0.0519. The second kappa shape index (κ2) is 11.9. The third-order valence-electron chi connectivity index (χ3n) is 5.10. The van der Waals surface area contributed by atoms with Gasteiger partial charge in [0.15, 0.2) is 0 Å². The maximum absolute atomic E-state index is 12.8. The number of carbonyl (C=O) groups is 2. The highest BCUT2D eigenvalue weighted by Gasteiger charge is 2.28. The van der Waals surface area contributed by atoms with Gasteiger partial charge in [-0.05, 0) is 37.5 Å². The summed E-state index contributed by atoms with van der Waals surface area (Å²) >= 11 is 0. The molecule has 34 heavy (non-hydrogen) atoms. The van der Waals surface area contributed by atoms with Crippen molar-refractivity contribution in [3.05, 3.63) is 108 Å². The Morgan fingerprint density at radius 1 is 0.765 bits per heavy atom. The Labute approximate surface area is 201 Å². The van der Waals surface area contributed by atoms with Crippen LogP contribution in [0.25, 0.3) is 0 Å². The first-order valence-electron chi connectivity index (χ1n) is 11.4. The smallest absolute Gasteiger partial charge is 0.407 e. The maximum atomic E-state index is 12.8. The molecule has 0 aromatic heterocycles. The van der Waals surface area contributed by atoms with E-state index < -0.39 is 23.8 Å². The number of nitrogens with one attached hydrogen (secondary N) is 2. The summed E-state index contributed by atoms with van der Waals surface area (Å²) in [6.07, 6.45) is -1.10. The summed E-state index contributed by atoms with van der Waals surface area (Å²) in [6.45, 7) is 5.73. The van der Waals surface area contributed by atoms with Crippen molar-refractivity contribution in [3.8, 4) is 0 Å². The van der Waals surface area contributed by atoms with Gasteiger partial charge in [0.05, 0.1) is 6.04 Å². The molecular formula is C28H32N2O4. The van der Waals surface area contributed by atoms with Crippen molar-refractivity contribution in [2.45, 2.75) is 44.9 Å². The van der Waals surface area contributed by atoms with Crippen LogP contribution in [-0.4, -0.2) is 30.4 Å². The summed E-state index contributed by atoms with van der Waals surface area (Å²) in [5.41, 5.74) is 2.28. The molecule has 1 atom stereocenters. The molecule has 0 spiro atoms. The predicted octanol–water partition coefficient (Wildman–Crippen LogP) is 5.64. The molecule has 6 heteroatoms. The van der Waals surface area contributed by atoms with E-state index in [-0.39, 0.29) is 19.1 Å². The van der Waals surface area contributed by atoms with Gasteiger partial charge in [-0.2, -0.15) is 0 Å². The fourth-order valence-corrected chi connectivity index (χ4v) is 3.65. The van der Waals surface area contributed by atoms with Crippen LogP contribution in [0.5, 0.6) is 0 Å². The third kappa shape index (κ3) is 7.96. The average molecular weight is 461 g/mol. The molecule has 0 saturated heterocycles. The summed E-state index contributed by atoms with van der Waals surface area (Å²) in [5.74, 6) is -0.221. The highest BCUT2D eigenvalue weighted by atomic mass is 16.6. The van der Waals surface area contributed by atoms with E-state index in [1.807, 2.05) is 91.0 Å². The quantitative estimate of drug-likeness (QED) is 0.456. The SMILES string of the molecule is CC(C)(C)OC(=O)NCC(NC(=O)OCc1ccccc1)C(c1ccccc1)c1ccccc1. The van der Waals surface area contributed by atoms with Crippen LogP contribution in [0.2, 0.25) is 0 Å². The fraction of sp³-hybridized carbons (Fsp3) is 0.286. The zero-order chi connectivity index (χ0) is 24.4. The number of alkyl carbamates (subject to hydrolysis) is 2. The molecule has 0 radical (unpaired) electrons. The lowest BCUT2D eigenvalue weighted by Gasteiger charge is -2.29. The van der Waals surface area contributed by atoms with Crippen LogP contribution in [0.4, 0.5) is 9.59 Å². The minimum Gasteiger partial charge on any atom is -0.445 e. The van der Waals surface area contributed by atoms with E-state index in [1.54, 1.807) is 20.8 Å². The predicted molar refractivity (Wildman–Crippen MR) is 133 cm³/mol. The van der Waals surface area contributed by atoms with Gasteiger partial charge >= 0.3 is 12.2 Å². The van der Waals surface area contributed by atoms with Gasteiger partial charge in [-0.25, -0.2) is 9.59 Å². The van der Waals surface area contributed by atoms with Gasteiger partial charge < -0.3 is 20.1 Å². The first-order valence-corrected chi connectivity index (χ1v) is 11.4. The zero-order valence-corrected chi connectivity index (χ0v) is 19.9. The van der Waals surface area contributed by atoms with Crippen molar-refractivity contribution in [1.29, 1.82) is 0 Å². The van der Waals surface area contributed by atoms with Crippen LogP contribution in [0.3, 0.4) is 0 Å². The van der Waals surface area contributed by atoms with Gasteiger partial charge in [0.1, 0.15) is 12.2 Å². The van der Waals surface area contributed by atoms with Crippen molar-refractivity contribution in [2.24, 2.45) is 0 Å². The van der Waals surface area contributed by atoms with Gasteiger partial charge in [0.25, 0.3) is 0 Å². The first-order chi connectivity index (χ1) is 16.3. The number of ether oxygens (including phenoxy) is 2. The van der Waals surface area contributed by atoms with Crippen molar-refractivity contribution >= 4 is 12.2 Å². The molecule has 0 aliphatic rings. The van der Waals surface area contributed by atoms with E-state index in [9.17, 15) is 9.59 Å². The van der Waals surface area contributed by atoms with Crippen molar-refractivity contribution in [2.75, 3.05) is 6.54 Å². The Balaban J connectivity index is 1.82. The second-order valence-corrected chi connectivity index (χ2v) is 8.99. The van der Waals surface area contributed by atoms with Gasteiger partial charge in [-0.15, -0.1) is 0 Å². The van der Waals surface area contributed by atoms with Crippen LogP contribution in [0.1, 0.15) is 43.4 Å². The highest BCUT2D eigenvalue weighted by Crippen LogP contribution is 2.28. The topological polar surface area (TPSA) is 76.7 Å². The maximum Gasteiger partial charge on any atom is 0.407 e. The van der Waals surface area contributed by atoms with Crippen molar-refractivity contribution < 1.29 is 19.1 Å². The van der Waals surface area contributed by atoms with Crippen molar-refractivity contribution in [1.82, 2.24) is 10.6 Å². The molecule has 2 N–H and O–H groups in total. The normalized spacial score (nSPS) is 12.0. The van der Waals surface area contributed by atoms with Crippen LogP contribution in [0.15, 0.2) is 91.0 Å². The number of rotatable bonds is 8. The molecular weight excluding hydrogens is 428 g/mol. The standard InChI is InChI=1S/C28H32N2O4/c1-28(2,3)34-26(31)29-19-24(30-27(32)33-20-21-13-7-4-8-14-21)25(22-15-9-5-10-16-22)23-17-11-6-12-18-23/h4-18,24-25H,19-20H2,1-3H3,(H,29,31)(H,30,32). The van der Waals surface area contributed by atoms with Gasteiger partial charge in [-0.3, -0.25) is 0 Å². The first kappa shape index (κ1) is 24.8. The van der Waals surface area contributed by atoms with E-state index in [0.717, 1.165) is 16.7 Å². The van der Waals surface area contributed by atoms with Crippen LogP contribution >= 0.6 is 0 Å².